The number of ether oxygens (including phenoxy) is 2. The Morgan fingerprint density at radius 2 is 1.95 bits per heavy atom. The number of benzene rings is 2. The number of nitro benzene ring substituents is 1. The van der Waals surface area contributed by atoms with Crippen LogP contribution >= 0.6 is 0 Å². The molecule has 0 unspecified atom stereocenters. The molecule has 110 valence electrons. The van der Waals surface area contributed by atoms with Gasteiger partial charge < -0.3 is 15.2 Å². The van der Waals surface area contributed by atoms with Gasteiger partial charge in [0, 0.05) is 24.2 Å². The summed E-state index contributed by atoms with van der Waals surface area (Å²) in [5.74, 6) is 1.11. The van der Waals surface area contributed by atoms with Crippen LogP contribution < -0.4 is 15.2 Å². The van der Waals surface area contributed by atoms with Gasteiger partial charge in [-0.05, 0) is 19.1 Å². The maximum atomic E-state index is 11.1. The highest BCUT2D eigenvalue weighted by Gasteiger charge is 2.18. The van der Waals surface area contributed by atoms with Crippen molar-refractivity contribution in [2.24, 2.45) is 5.73 Å². The second-order valence-corrected chi connectivity index (χ2v) is 4.51. The molecule has 2 aromatic carbocycles. The molecule has 0 aliphatic rings. The number of nitro groups is 1. The average Bonchev–Trinajstić information content (AvgIpc) is 2.48. The number of rotatable bonds is 5. The fourth-order valence-electron chi connectivity index (χ4n) is 1.94. The van der Waals surface area contributed by atoms with Crippen molar-refractivity contribution in [3.05, 3.63) is 57.6 Å². The molecule has 6 heteroatoms. The molecule has 0 atom stereocenters. The molecule has 0 saturated heterocycles. The Morgan fingerprint density at radius 3 is 2.57 bits per heavy atom. The minimum atomic E-state index is -0.495. The lowest BCUT2D eigenvalue weighted by Gasteiger charge is -2.12. The molecule has 0 aliphatic carbocycles. The lowest BCUT2D eigenvalue weighted by atomic mass is 10.1. The van der Waals surface area contributed by atoms with Gasteiger partial charge in [-0.1, -0.05) is 17.7 Å². The highest BCUT2D eigenvalue weighted by atomic mass is 16.6. The minimum absolute atomic E-state index is 0.123. The van der Waals surface area contributed by atoms with Crippen molar-refractivity contribution in [2.45, 2.75) is 13.5 Å². The van der Waals surface area contributed by atoms with Crippen LogP contribution in [0.15, 0.2) is 36.4 Å². The molecule has 0 aromatic heterocycles. The van der Waals surface area contributed by atoms with Crippen LogP contribution in [-0.2, 0) is 6.54 Å². The van der Waals surface area contributed by atoms with Gasteiger partial charge in [0.1, 0.15) is 11.5 Å². The van der Waals surface area contributed by atoms with E-state index in [1.807, 2.05) is 19.1 Å². The van der Waals surface area contributed by atoms with E-state index in [-0.39, 0.29) is 18.0 Å². The molecule has 2 rings (SSSR count). The van der Waals surface area contributed by atoms with Crippen molar-refractivity contribution in [1.82, 2.24) is 0 Å². The Morgan fingerprint density at radius 1 is 1.19 bits per heavy atom. The SMILES string of the molecule is COc1ccc([N+](=O)[O-])c(Oc2ccc(C)cc2CN)c1. The molecule has 0 radical (unpaired) electrons. The molecular weight excluding hydrogens is 272 g/mol. The van der Waals surface area contributed by atoms with Crippen LogP contribution in [0.3, 0.4) is 0 Å². The summed E-state index contributed by atoms with van der Waals surface area (Å²) in [6.45, 7) is 2.23. The van der Waals surface area contributed by atoms with E-state index in [4.69, 9.17) is 15.2 Å². The van der Waals surface area contributed by atoms with Crippen molar-refractivity contribution < 1.29 is 14.4 Å². The number of hydrogen-bond acceptors (Lipinski definition) is 5. The van der Waals surface area contributed by atoms with Crippen LogP contribution in [0.25, 0.3) is 0 Å². The fourth-order valence-corrected chi connectivity index (χ4v) is 1.94. The van der Waals surface area contributed by atoms with Crippen LogP contribution in [0.4, 0.5) is 5.69 Å². The molecule has 0 saturated carbocycles. The van der Waals surface area contributed by atoms with Crippen molar-refractivity contribution in [3.8, 4) is 17.2 Å². The third kappa shape index (κ3) is 3.29. The van der Waals surface area contributed by atoms with Crippen molar-refractivity contribution >= 4 is 5.69 Å². The van der Waals surface area contributed by atoms with E-state index in [1.165, 1.54) is 25.3 Å². The molecular formula is C15H16N2O4. The standard InChI is InChI=1S/C15H16N2O4/c1-10-3-6-14(11(7-10)9-16)21-15-8-12(20-2)4-5-13(15)17(18)19/h3-8H,9,16H2,1-2H3. The van der Waals surface area contributed by atoms with Crippen LogP contribution in [-0.4, -0.2) is 12.0 Å². The molecule has 0 bridgehead atoms. The highest BCUT2D eigenvalue weighted by molar-refractivity contribution is 5.53. The van der Waals surface area contributed by atoms with Crippen LogP contribution in [0, 0.1) is 17.0 Å². The van der Waals surface area contributed by atoms with Gasteiger partial charge in [0.25, 0.3) is 0 Å². The molecule has 0 heterocycles. The average molecular weight is 288 g/mol. The Bertz CT molecular complexity index is 671. The molecule has 21 heavy (non-hydrogen) atoms. The minimum Gasteiger partial charge on any atom is -0.497 e. The van der Waals surface area contributed by atoms with Gasteiger partial charge in [0.2, 0.25) is 5.75 Å². The van der Waals surface area contributed by atoms with E-state index >= 15 is 0 Å². The van der Waals surface area contributed by atoms with Crippen molar-refractivity contribution in [2.75, 3.05) is 7.11 Å². The predicted octanol–water partition coefficient (Wildman–Crippen LogP) is 3.16. The summed E-state index contributed by atoms with van der Waals surface area (Å²) >= 11 is 0. The Hall–Kier alpha value is -2.60. The first-order chi connectivity index (χ1) is 10.0. The zero-order chi connectivity index (χ0) is 15.4. The van der Waals surface area contributed by atoms with Gasteiger partial charge in [-0.3, -0.25) is 10.1 Å². The summed E-state index contributed by atoms with van der Waals surface area (Å²) < 4.78 is 10.8. The van der Waals surface area contributed by atoms with Crippen molar-refractivity contribution in [3.63, 3.8) is 0 Å². The van der Waals surface area contributed by atoms with Crippen molar-refractivity contribution in [1.29, 1.82) is 0 Å². The second-order valence-electron chi connectivity index (χ2n) is 4.51. The molecule has 0 aliphatic heterocycles. The second kappa shape index (κ2) is 6.23. The lowest BCUT2D eigenvalue weighted by molar-refractivity contribution is -0.385. The zero-order valence-corrected chi connectivity index (χ0v) is 11.8. The first-order valence-corrected chi connectivity index (χ1v) is 6.35. The number of hydrogen-bond donors (Lipinski definition) is 1. The molecule has 2 N–H and O–H groups in total. The van der Waals surface area contributed by atoms with Crippen LogP contribution in [0.2, 0.25) is 0 Å². The van der Waals surface area contributed by atoms with Crippen LogP contribution in [0.1, 0.15) is 11.1 Å². The van der Waals surface area contributed by atoms with E-state index in [0.717, 1.165) is 11.1 Å². The van der Waals surface area contributed by atoms with Gasteiger partial charge >= 0.3 is 5.69 Å². The van der Waals surface area contributed by atoms with E-state index < -0.39 is 4.92 Å². The van der Waals surface area contributed by atoms with Gasteiger partial charge in [0.15, 0.2) is 0 Å². The molecule has 0 amide bonds. The lowest BCUT2D eigenvalue weighted by Crippen LogP contribution is -2.01. The third-order valence-corrected chi connectivity index (χ3v) is 3.02. The summed E-state index contributed by atoms with van der Waals surface area (Å²) in [6, 6.07) is 9.86. The smallest absolute Gasteiger partial charge is 0.311 e. The van der Waals surface area contributed by atoms with Crippen LogP contribution in [0.5, 0.6) is 17.2 Å². The first kappa shape index (κ1) is 14.8. The third-order valence-electron chi connectivity index (χ3n) is 3.02. The summed E-state index contributed by atoms with van der Waals surface area (Å²) in [5, 5.41) is 11.1. The monoisotopic (exact) mass is 288 g/mol. The van der Waals surface area contributed by atoms with Gasteiger partial charge in [-0.15, -0.1) is 0 Å². The quantitative estimate of drug-likeness (QED) is 0.674. The normalized spacial score (nSPS) is 10.2. The summed E-state index contributed by atoms with van der Waals surface area (Å²) in [7, 11) is 1.49. The molecule has 6 nitrogen and oxygen atoms in total. The van der Waals surface area contributed by atoms with Gasteiger partial charge in [-0.2, -0.15) is 0 Å². The molecule has 2 aromatic rings. The largest absolute Gasteiger partial charge is 0.497 e. The number of nitrogens with zero attached hydrogens (tertiary/aromatic N) is 1. The topological polar surface area (TPSA) is 87.6 Å². The molecule has 0 spiro atoms. The van der Waals surface area contributed by atoms with E-state index in [0.29, 0.717) is 11.5 Å². The maximum Gasteiger partial charge on any atom is 0.311 e. The van der Waals surface area contributed by atoms with E-state index in [1.54, 1.807) is 6.07 Å². The van der Waals surface area contributed by atoms with Gasteiger partial charge in [-0.25, -0.2) is 0 Å². The van der Waals surface area contributed by atoms with E-state index in [2.05, 4.69) is 0 Å². The summed E-state index contributed by atoms with van der Waals surface area (Å²) in [4.78, 5) is 10.6. The Kier molecular flexibility index (Phi) is 4.39. The fraction of sp³-hybridized carbons (Fsp3) is 0.200. The van der Waals surface area contributed by atoms with Gasteiger partial charge in [0.05, 0.1) is 12.0 Å². The van der Waals surface area contributed by atoms with E-state index in [9.17, 15) is 10.1 Å². The predicted molar refractivity (Wildman–Crippen MR) is 78.8 cm³/mol. The zero-order valence-electron chi connectivity index (χ0n) is 11.8. The molecule has 0 fully saturated rings. The summed E-state index contributed by atoms with van der Waals surface area (Å²) in [6.07, 6.45) is 0. The highest BCUT2D eigenvalue weighted by Crippen LogP contribution is 2.35. The Labute approximate surface area is 122 Å². The number of aryl methyl sites for hydroxylation is 1. The maximum absolute atomic E-state index is 11.1. The summed E-state index contributed by atoms with van der Waals surface area (Å²) in [5.41, 5.74) is 7.39. The Balaban J connectivity index is 2.45. The number of methoxy groups -OCH3 is 1. The first-order valence-electron chi connectivity index (χ1n) is 6.35. The number of nitrogens with two attached hydrogens (primary N) is 1.